The molecule has 0 saturated carbocycles. The molecule has 2 nitrogen and oxygen atoms in total. The lowest BCUT2D eigenvalue weighted by Gasteiger charge is -2.22. The molecule has 0 fully saturated rings. The van der Waals surface area contributed by atoms with E-state index in [1.807, 2.05) is 0 Å². The van der Waals surface area contributed by atoms with Crippen LogP contribution < -0.4 is 11.5 Å². The minimum absolute atomic E-state index is 0.0333. The second-order valence-corrected chi connectivity index (χ2v) is 4.50. The summed E-state index contributed by atoms with van der Waals surface area (Å²) in [5, 5.41) is 0. The first-order chi connectivity index (χ1) is 10.2. The van der Waals surface area contributed by atoms with Crippen molar-refractivity contribution in [1.29, 1.82) is 0 Å². The quantitative estimate of drug-likeness (QED) is 0.690. The van der Waals surface area contributed by atoms with Gasteiger partial charge >= 0.3 is 6.18 Å². The number of hydrogen-bond donors (Lipinski definition) is 2. The molecule has 0 amide bonds. The van der Waals surface area contributed by atoms with Gasteiger partial charge in [0, 0.05) is 11.4 Å². The number of hydrogen-bond acceptors (Lipinski definition) is 2. The molecule has 0 aromatic rings. The van der Waals surface area contributed by atoms with Gasteiger partial charge in [0.2, 0.25) is 0 Å². The predicted molar refractivity (Wildman–Crippen MR) is 86.5 cm³/mol. The first-order valence-corrected chi connectivity index (χ1v) is 6.42. The second-order valence-electron chi connectivity index (χ2n) is 4.50. The van der Waals surface area contributed by atoms with E-state index in [1.54, 1.807) is 6.92 Å². The second kappa shape index (κ2) is 8.77. The lowest BCUT2D eigenvalue weighted by atomic mass is 9.89. The minimum Gasteiger partial charge on any atom is -0.402 e. The van der Waals surface area contributed by atoms with Crippen LogP contribution >= 0.6 is 0 Å². The SMILES string of the molecule is C=C/C(N)=C\C=C(/C=C)C(/C(C=C)=C/C=C(\C)N)C(F)(F)F. The molecule has 0 spiro atoms. The maximum atomic E-state index is 13.4. The molecule has 0 radical (unpaired) electrons. The van der Waals surface area contributed by atoms with E-state index in [0.29, 0.717) is 5.70 Å². The summed E-state index contributed by atoms with van der Waals surface area (Å²) in [6, 6.07) is 0. The molecule has 4 N–H and O–H groups in total. The lowest BCUT2D eigenvalue weighted by molar-refractivity contribution is -0.152. The van der Waals surface area contributed by atoms with Crippen LogP contribution in [0.3, 0.4) is 0 Å². The summed E-state index contributed by atoms with van der Waals surface area (Å²) >= 11 is 0. The molecular formula is C17H21F3N2. The van der Waals surface area contributed by atoms with Gasteiger partial charge in [-0.1, -0.05) is 44.0 Å². The van der Waals surface area contributed by atoms with Crippen molar-refractivity contribution in [3.63, 3.8) is 0 Å². The summed E-state index contributed by atoms with van der Waals surface area (Å²) in [7, 11) is 0. The van der Waals surface area contributed by atoms with E-state index in [2.05, 4.69) is 19.7 Å². The highest BCUT2D eigenvalue weighted by atomic mass is 19.4. The van der Waals surface area contributed by atoms with Gasteiger partial charge in [0.15, 0.2) is 0 Å². The minimum atomic E-state index is -4.51. The zero-order valence-electron chi connectivity index (χ0n) is 12.5. The zero-order valence-corrected chi connectivity index (χ0v) is 12.5. The maximum Gasteiger partial charge on any atom is 0.399 e. The summed E-state index contributed by atoms with van der Waals surface area (Å²) in [5.41, 5.74) is 11.5. The van der Waals surface area contributed by atoms with Crippen molar-refractivity contribution in [2.24, 2.45) is 17.4 Å². The van der Waals surface area contributed by atoms with Crippen LogP contribution in [-0.4, -0.2) is 6.18 Å². The third kappa shape index (κ3) is 6.35. The first-order valence-electron chi connectivity index (χ1n) is 6.42. The molecule has 0 aromatic carbocycles. The van der Waals surface area contributed by atoms with Crippen molar-refractivity contribution >= 4 is 0 Å². The number of halogens is 3. The van der Waals surface area contributed by atoms with Gasteiger partial charge in [-0.05, 0) is 36.3 Å². The van der Waals surface area contributed by atoms with E-state index < -0.39 is 12.1 Å². The lowest BCUT2D eigenvalue weighted by Crippen LogP contribution is -2.25. The van der Waals surface area contributed by atoms with Crippen LogP contribution in [0.15, 0.2) is 84.8 Å². The molecule has 0 bridgehead atoms. The molecule has 0 rings (SSSR count). The third-order valence-electron chi connectivity index (χ3n) is 2.71. The van der Waals surface area contributed by atoms with E-state index in [-0.39, 0.29) is 16.8 Å². The molecule has 22 heavy (non-hydrogen) atoms. The van der Waals surface area contributed by atoms with Crippen LogP contribution in [0, 0.1) is 5.92 Å². The molecular weight excluding hydrogens is 289 g/mol. The Hall–Kier alpha value is -2.43. The topological polar surface area (TPSA) is 52.0 Å². The normalized spacial score (nSPS) is 16.2. The van der Waals surface area contributed by atoms with E-state index >= 15 is 0 Å². The molecule has 0 aliphatic carbocycles. The number of rotatable bonds is 7. The highest BCUT2D eigenvalue weighted by Crippen LogP contribution is 2.38. The Kier molecular flexibility index (Phi) is 7.80. The summed E-state index contributed by atoms with van der Waals surface area (Å²) < 4.78 is 40.3. The Morgan fingerprint density at radius 3 is 1.64 bits per heavy atom. The van der Waals surface area contributed by atoms with Gasteiger partial charge in [-0.25, -0.2) is 0 Å². The van der Waals surface area contributed by atoms with Gasteiger partial charge in [-0.3, -0.25) is 0 Å². The average molecular weight is 310 g/mol. The monoisotopic (exact) mass is 310 g/mol. The molecule has 5 heteroatoms. The van der Waals surface area contributed by atoms with E-state index in [1.165, 1.54) is 30.4 Å². The van der Waals surface area contributed by atoms with Crippen LogP contribution in [-0.2, 0) is 0 Å². The van der Waals surface area contributed by atoms with Gasteiger partial charge in [0.1, 0.15) is 5.92 Å². The van der Waals surface area contributed by atoms with E-state index in [0.717, 1.165) is 12.2 Å². The molecule has 0 saturated heterocycles. The van der Waals surface area contributed by atoms with Gasteiger partial charge in [-0.15, -0.1) is 0 Å². The summed E-state index contributed by atoms with van der Waals surface area (Å²) in [4.78, 5) is 0. The third-order valence-corrected chi connectivity index (χ3v) is 2.71. The van der Waals surface area contributed by atoms with Crippen LogP contribution in [0.4, 0.5) is 13.2 Å². The fourth-order valence-electron chi connectivity index (χ4n) is 1.62. The standard InChI is InChI=1S/C17H21F3N2/c1-5-13(9-8-12(4)21)16(17(18,19)20)14(6-2)10-11-15(22)7-3/h5-11,16H,1-3,21-22H2,4H3/b12-8+,13-9+,14-10+,15-11+. The molecule has 0 heterocycles. The van der Waals surface area contributed by atoms with Gasteiger partial charge < -0.3 is 11.5 Å². The smallest absolute Gasteiger partial charge is 0.399 e. The van der Waals surface area contributed by atoms with E-state index in [9.17, 15) is 13.2 Å². The van der Waals surface area contributed by atoms with Crippen molar-refractivity contribution in [2.75, 3.05) is 0 Å². The van der Waals surface area contributed by atoms with Crippen molar-refractivity contribution in [3.8, 4) is 0 Å². The van der Waals surface area contributed by atoms with Gasteiger partial charge in [-0.2, -0.15) is 13.2 Å². The summed E-state index contributed by atoms with van der Waals surface area (Å²) in [6.07, 6.45) is 4.41. The number of allylic oxidation sites excluding steroid dienone is 10. The Morgan fingerprint density at radius 2 is 1.32 bits per heavy atom. The Morgan fingerprint density at radius 1 is 0.864 bits per heavy atom. The summed E-state index contributed by atoms with van der Waals surface area (Å²) in [5.74, 6) is -1.87. The maximum absolute atomic E-state index is 13.4. The van der Waals surface area contributed by atoms with E-state index in [4.69, 9.17) is 11.5 Å². The van der Waals surface area contributed by atoms with Crippen molar-refractivity contribution < 1.29 is 13.2 Å². The average Bonchev–Trinajstić information content (AvgIpc) is 2.43. The van der Waals surface area contributed by atoms with Crippen molar-refractivity contribution in [3.05, 3.63) is 84.8 Å². The largest absolute Gasteiger partial charge is 0.402 e. The zero-order chi connectivity index (χ0) is 17.3. The van der Waals surface area contributed by atoms with Crippen LogP contribution in [0.1, 0.15) is 6.92 Å². The van der Waals surface area contributed by atoms with Crippen LogP contribution in [0.5, 0.6) is 0 Å². The fraction of sp³-hybridized carbons (Fsp3) is 0.176. The highest BCUT2D eigenvalue weighted by Gasteiger charge is 2.42. The molecule has 1 atom stereocenters. The summed E-state index contributed by atoms with van der Waals surface area (Å²) in [6.45, 7) is 11.9. The Bertz CT molecular complexity index is 543. The van der Waals surface area contributed by atoms with Crippen molar-refractivity contribution in [2.45, 2.75) is 13.1 Å². The Labute approximate surface area is 129 Å². The van der Waals surface area contributed by atoms with Gasteiger partial charge in [0.05, 0.1) is 0 Å². The van der Waals surface area contributed by atoms with Crippen LogP contribution in [0.2, 0.25) is 0 Å². The molecule has 0 aromatic heterocycles. The van der Waals surface area contributed by atoms with Crippen LogP contribution in [0.25, 0.3) is 0 Å². The fourth-order valence-corrected chi connectivity index (χ4v) is 1.62. The molecule has 0 aliphatic heterocycles. The number of alkyl halides is 3. The first kappa shape index (κ1) is 19.6. The predicted octanol–water partition coefficient (Wildman–Crippen LogP) is 4.28. The molecule has 120 valence electrons. The van der Waals surface area contributed by atoms with Crippen molar-refractivity contribution in [1.82, 2.24) is 0 Å². The molecule has 1 unspecified atom stereocenters. The number of nitrogens with two attached hydrogens (primary N) is 2. The molecule has 0 aliphatic rings. The van der Waals surface area contributed by atoms with Gasteiger partial charge in [0.25, 0.3) is 0 Å². The Balaban J connectivity index is 6.05. The highest BCUT2D eigenvalue weighted by molar-refractivity contribution is 5.40.